The molecule has 0 rings (SSSR count). The second-order valence-corrected chi connectivity index (χ2v) is 7.12. The molecule has 0 atom stereocenters. The van der Waals surface area contributed by atoms with E-state index in [1.165, 1.54) is 16.7 Å². The lowest BCUT2D eigenvalue weighted by Crippen LogP contribution is -2.07. The number of hydrogen-bond donors (Lipinski definition) is 0. The highest BCUT2D eigenvalue weighted by Gasteiger charge is 2.07. The van der Waals surface area contributed by atoms with Crippen molar-refractivity contribution in [2.24, 2.45) is 0 Å². The van der Waals surface area contributed by atoms with Crippen LogP contribution in [-0.4, -0.2) is 12.6 Å². The molecule has 0 saturated carbocycles. The first-order valence-electron chi connectivity index (χ1n) is 9.56. The predicted octanol–water partition coefficient (Wildman–Crippen LogP) is 7.09. The van der Waals surface area contributed by atoms with E-state index >= 15 is 0 Å². The van der Waals surface area contributed by atoms with Crippen LogP contribution in [0.1, 0.15) is 87.0 Å². The topological polar surface area (TPSA) is 26.3 Å². The molecular weight excluding hydrogens is 308 g/mol. The summed E-state index contributed by atoms with van der Waals surface area (Å²) in [5.74, 6) is -0.186. The monoisotopic (exact) mass is 346 g/mol. The molecule has 25 heavy (non-hydrogen) atoms. The van der Waals surface area contributed by atoms with E-state index in [-0.39, 0.29) is 5.97 Å². The van der Waals surface area contributed by atoms with Gasteiger partial charge in [0.25, 0.3) is 0 Å². The van der Waals surface area contributed by atoms with Crippen molar-refractivity contribution in [2.45, 2.75) is 87.0 Å². The van der Waals surface area contributed by atoms with Crippen LogP contribution in [-0.2, 0) is 9.53 Å². The standard InChI is InChI=1S/C23H38O2/c1-8-25-23(24)22(7)21(6)17-11-16-20(5)15-10-14-19(4)13-9-12-18(2)3/h12,14,16H,8-11,13,15,17H2,1-7H3/b19-14+,20-16+,22-21-. The van der Waals surface area contributed by atoms with Crippen molar-refractivity contribution in [1.82, 2.24) is 0 Å². The van der Waals surface area contributed by atoms with Crippen molar-refractivity contribution >= 4 is 5.97 Å². The van der Waals surface area contributed by atoms with Crippen LogP contribution >= 0.6 is 0 Å². The normalized spacial score (nSPS) is 13.4. The predicted molar refractivity (Wildman–Crippen MR) is 110 cm³/mol. The lowest BCUT2D eigenvalue weighted by molar-refractivity contribution is -0.138. The Labute approximate surface area is 155 Å². The Morgan fingerprint density at radius 2 is 1.24 bits per heavy atom. The number of carbonyl (C=O) groups excluding carboxylic acids is 1. The Kier molecular flexibility index (Phi) is 12.8. The molecule has 0 spiro atoms. The maximum absolute atomic E-state index is 11.7. The van der Waals surface area contributed by atoms with Gasteiger partial charge in [-0.05, 0) is 87.0 Å². The summed E-state index contributed by atoms with van der Waals surface area (Å²) in [5.41, 5.74) is 6.18. The molecule has 0 aliphatic heterocycles. The van der Waals surface area contributed by atoms with Gasteiger partial charge in [-0.25, -0.2) is 4.79 Å². The van der Waals surface area contributed by atoms with E-state index in [1.807, 2.05) is 20.8 Å². The van der Waals surface area contributed by atoms with Gasteiger partial charge >= 0.3 is 5.97 Å². The van der Waals surface area contributed by atoms with Gasteiger partial charge < -0.3 is 4.74 Å². The Balaban J connectivity index is 4.23. The molecule has 0 aromatic carbocycles. The zero-order valence-corrected chi connectivity index (χ0v) is 17.5. The van der Waals surface area contributed by atoms with Crippen LogP contribution in [0.3, 0.4) is 0 Å². The molecule has 0 aromatic heterocycles. The van der Waals surface area contributed by atoms with E-state index in [9.17, 15) is 4.79 Å². The van der Waals surface area contributed by atoms with Crippen molar-refractivity contribution < 1.29 is 9.53 Å². The summed E-state index contributed by atoms with van der Waals surface area (Å²) in [6, 6.07) is 0. The fourth-order valence-electron chi connectivity index (χ4n) is 2.48. The summed E-state index contributed by atoms with van der Waals surface area (Å²) in [6.07, 6.45) is 13.4. The minimum atomic E-state index is -0.186. The summed E-state index contributed by atoms with van der Waals surface area (Å²) in [4.78, 5) is 11.7. The average Bonchev–Trinajstić information content (AvgIpc) is 2.53. The summed E-state index contributed by atoms with van der Waals surface area (Å²) < 4.78 is 5.05. The Morgan fingerprint density at radius 1 is 0.760 bits per heavy atom. The van der Waals surface area contributed by atoms with Crippen LogP contribution in [0.15, 0.2) is 46.1 Å². The number of ether oxygens (including phenoxy) is 1. The Hall–Kier alpha value is -1.57. The Bertz CT molecular complexity index is 526. The molecule has 2 nitrogen and oxygen atoms in total. The molecule has 0 saturated heterocycles. The zero-order chi connectivity index (χ0) is 19.2. The van der Waals surface area contributed by atoms with Crippen LogP contribution in [0.25, 0.3) is 0 Å². The fraction of sp³-hybridized carbons (Fsp3) is 0.609. The quantitative estimate of drug-likeness (QED) is 0.227. The largest absolute Gasteiger partial charge is 0.463 e. The third-order valence-corrected chi connectivity index (χ3v) is 4.36. The molecule has 0 bridgehead atoms. The van der Waals surface area contributed by atoms with Gasteiger partial charge in [0.15, 0.2) is 0 Å². The minimum absolute atomic E-state index is 0.186. The molecule has 0 heterocycles. The molecular formula is C23H38O2. The van der Waals surface area contributed by atoms with E-state index in [2.05, 4.69) is 45.9 Å². The second kappa shape index (κ2) is 13.7. The molecule has 0 aromatic rings. The average molecular weight is 347 g/mol. The smallest absolute Gasteiger partial charge is 0.333 e. The lowest BCUT2D eigenvalue weighted by Gasteiger charge is -2.06. The van der Waals surface area contributed by atoms with Crippen molar-refractivity contribution in [2.75, 3.05) is 6.61 Å². The SMILES string of the molecule is CCOC(=O)/C(C)=C(/C)CC/C=C(\C)CC/C=C(\C)CCC=C(C)C. The second-order valence-electron chi connectivity index (χ2n) is 7.12. The first-order chi connectivity index (χ1) is 11.8. The third-order valence-electron chi connectivity index (χ3n) is 4.36. The van der Waals surface area contributed by atoms with Crippen LogP contribution in [0.2, 0.25) is 0 Å². The molecule has 0 fully saturated rings. The highest BCUT2D eigenvalue weighted by molar-refractivity contribution is 5.88. The van der Waals surface area contributed by atoms with Crippen LogP contribution < -0.4 is 0 Å². The number of hydrogen-bond acceptors (Lipinski definition) is 2. The first-order valence-corrected chi connectivity index (χ1v) is 9.56. The van der Waals surface area contributed by atoms with E-state index in [1.54, 1.807) is 0 Å². The van der Waals surface area contributed by atoms with E-state index < -0.39 is 0 Å². The van der Waals surface area contributed by atoms with E-state index in [0.29, 0.717) is 6.61 Å². The summed E-state index contributed by atoms with van der Waals surface area (Å²) in [7, 11) is 0. The first kappa shape index (κ1) is 23.4. The molecule has 0 N–H and O–H groups in total. The Morgan fingerprint density at radius 3 is 1.72 bits per heavy atom. The van der Waals surface area contributed by atoms with E-state index in [0.717, 1.165) is 49.7 Å². The van der Waals surface area contributed by atoms with Gasteiger partial charge in [-0.2, -0.15) is 0 Å². The zero-order valence-electron chi connectivity index (χ0n) is 17.5. The van der Waals surface area contributed by atoms with Gasteiger partial charge in [0.1, 0.15) is 0 Å². The van der Waals surface area contributed by atoms with Gasteiger partial charge in [0, 0.05) is 5.57 Å². The molecule has 0 amide bonds. The van der Waals surface area contributed by atoms with Gasteiger partial charge in [-0.15, -0.1) is 0 Å². The number of carbonyl (C=O) groups is 1. The van der Waals surface area contributed by atoms with Crippen molar-refractivity contribution in [3.05, 3.63) is 46.1 Å². The summed E-state index contributed by atoms with van der Waals surface area (Å²) in [6.45, 7) is 14.9. The molecule has 0 aliphatic rings. The lowest BCUT2D eigenvalue weighted by atomic mass is 10.0. The highest BCUT2D eigenvalue weighted by Crippen LogP contribution is 2.15. The molecule has 2 heteroatoms. The van der Waals surface area contributed by atoms with Crippen LogP contribution in [0, 0.1) is 0 Å². The number of allylic oxidation sites excluding steroid dienone is 7. The van der Waals surface area contributed by atoms with Gasteiger partial charge in [0.05, 0.1) is 6.61 Å². The molecule has 0 aliphatic carbocycles. The molecule has 0 unspecified atom stereocenters. The molecule has 0 radical (unpaired) electrons. The number of rotatable bonds is 11. The van der Waals surface area contributed by atoms with Crippen molar-refractivity contribution in [1.29, 1.82) is 0 Å². The van der Waals surface area contributed by atoms with Gasteiger partial charge in [0.2, 0.25) is 0 Å². The summed E-state index contributed by atoms with van der Waals surface area (Å²) >= 11 is 0. The molecule has 142 valence electrons. The van der Waals surface area contributed by atoms with Gasteiger partial charge in [-0.3, -0.25) is 0 Å². The van der Waals surface area contributed by atoms with Crippen molar-refractivity contribution in [3.8, 4) is 0 Å². The van der Waals surface area contributed by atoms with Gasteiger partial charge in [-0.1, -0.05) is 40.5 Å². The van der Waals surface area contributed by atoms with E-state index in [4.69, 9.17) is 4.74 Å². The van der Waals surface area contributed by atoms with Crippen LogP contribution in [0.5, 0.6) is 0 Å². The maximum Gasteiger partial charge on any atom is 0.333 e. The van der Waals surface area contributed by atoms with Crippen molar-refractivity contribution in [3.63, 3.8) is 0 Å². The van der Waals surface area contributed by atoms with Crippen LogP contribution in [0.4, 0.5) is 0 Å². The fourth-order valence-corrected chi connectivity index (χ4v) is 2.48. The maximum atomic E-state index is 11.7. The summed E-state index contributed by atoms with van der Waals surface area (Å²) in [5, 5.41) is 0. The third kappa shape index (κ3) is 12.4. The minimum Gasteiger partial charge on any atom is -0.463 e. The number of esters is 1. The highest BCUT2D eigenvalue weighted by atomic mass is 16.5.